The highest BCUT2D eigenvalue weighted by atomic mass is 32.1. The number of ether oxygens (including phenoxy) is 1. The maximum absolute atomic E-state index is 6.01. The van der Waals surface area contributed by atoms with E-state index in [1.165, 1.54) is 11.3 Å². The van der Waals surface area contributed by atoms with E-state index >= 15 is 0 Å². The minimum absolute atomic E-state index is 0.0807. The first-order valence-corrected chi connectivity index (χ1v) is 9.42. The van der Waals surface area contributed by atoms with E-state index in [9.17, 15) is 0 Å². The van der Waals surface area contributed by atoms with Gasteiger partial charge in [-0.25, -0.2) is 4.98 Å². The van der Waals surface area contributed by atoms with Crippen molar-refractivity contribution in [3.63, 3.8) is 0 Å². The number of hydrogen-bond donors (Lipinski definition) is 0. The molecule has 0 unspecified atom stereocenters. The molecule has 5 nitrogen and oxygen atoms in total. The number of hydrogen-bond acceptors (Lipinski definition) is 5. The number of nitrogens with zero attached hydrogens (tertiary/aromatic N) is 4. The molecule has 0 N–H and O–H groups in total. The summed E-state index contributed by atoms with van der Waals surface area (Å²) in [5, 5.41) is 7.81. The van der Waals surface area contributed by atoms with Crippen molar-refractivity contribution < 1.29 is 4.74 Å². The molecule has 0 spiro atoms. The molecule has 6 heteroatoms. The molecule has 0 radical (unpaired) electrons. The summed E-state index contributed by atoms with van der Waals surface area (Å²) < 4.78 is 7.98. The van der Waals surface area contributed by atoms with Crippen LogP contribution in [0.15, 0.2) is 5.38 Å². The van der Waals surface area contributed by atoms with Gasteiger partial charge >= 0.3 is 0 Å². The van der Waals surface area contributed by atoms with Crippen LogP contribution in [0.1, 0.15) is 54.5 Å². The molecule has 1 saturated heterocycles. The molecule has 0 saturated carbocycles. The Bertz CT molecular complexity index is 713. The molecule has 1 aliphatic rings. The fourth-order valence-electron chi connectivity index (χ4n) is 3.05. The molecule has 0 aliphatic carbocycles. The standard InChI is InChI=1S/C18H28N4OS/c1-12-14(13(2)21(6)20-12)9-22-7-8-23-15(10-22)17-19-16(11-24-17)18(3,4)5/h11,15H,7-10H2,1-6H3/t15-/m1/s1. The molecule has 132 valence electrons. The Morgan fingerprint density at radius 3 is 2.67 bits per heavy atom. The van der Waals surface area contributed by atoms with E-state index in [1.54, 1.807) is 11.3 Å². The Balaban J connectivity index is 1.71. The van der Waals surface area contributed by atoms with Crippen LogP contribution in [0, 0.1) is 13.8 Å². The van der Waals surface area contributed by atoms with Crippen molar-refractivity contribution in [1.82, 2.24) is 19.7 Å². The van der Waals surface area contributed by atoms with E-state index < -0.39 is 0 Å². The monoisotopic (exact) mass is 348 g/mol. The lowest BCUT2D eigenvalue weighted by molar-refractivity contribution is -0.0332. The molecule has 2 aromatic rings. The van der Waals surface area contributed by atoms with Crippen LogP contribution in [0.25, 0.3) is 0 Å². The van der Waals surface area contributed by atoms with Crippen molar-refractivity contribution >= 4 is 11.3 Å². The summed E-state index contributed by atoms with van der Waals surface area (Å²) in [5.74, 6) is 0. The second kappa shape index (κ2) is 6.58. The van der Waals surface area contributed by atoms with Gasteiger partial charge in [-0.3, -0.25) is 9.58 Å². The quantitative estimate of drug-likeness (QED) is 0.853. The lowest BCUT2D eigenvalue weighted by Crippen LogP contribution is -2.38. The predicted molar refractivity (Wildman–Crippen MR) is 97.5 cm³/mol. The summed E-state index contributed by atoms with van der Waals surface area (Å²) >= 11 is 1.72. The first-order valence-electron chi connectivity index (χ1n) is 8.54. The van der Waals surface area contributed by atoms with E-state index in [-0.39, 0.29) is 11.5 Å². The van der Waals surface area contributed by atoms with Crippen molar-refractivity contribution in [2.75, 3.05) is 19.7 Å². The van der Waals surface area contributed by atoms with Crippen LogP contribution < -0.4 is 0 Å². The number of morpholine rings is 1. The van der Waals surface area contributed by atoms with Gasteiger partial charge in [0.25, 0.3) is 0 Å². The highest BCUT2D eigenvalue weighted by molar-refractivity contribution is 7.09. The van der Waals surface area contributed by atoms with Gasteiger partial charge in [0, 0.05) is 48.7 Å². The smallest absolute Gasteiger partial charge is 0.123 e. The number of aromatic nitrogens is 3. The van der Waals surface area contributed by atoms with Crippen LogP contribution >= 0.6 is 11.3 Å². The summed E-state index contributed by atoms with van der Waals surface area (Å²) in [6.07, 6.45) is 0.0807. The van der Waals surface area contributed by atoms with Gasteiger partial charge in [-0.1, -0.05) is 20.8 Å². The molecule has 1 atom stereocenters. The molecule has 1 aliphatic heterocycles. The van der Waals surface area contributed by atoms with Gasteiger partial charge in [0.2, 0.25) is 0 Å². The summed E-state index contributed by atoms with van der Waals surface area (Å²) in [6, 6.07) is 0. The Morgan fingerprint density at radius 2 is 2.08 bits per heavy atom. The fraction of sp³-hybridized carbons (Fsp3) is 0.667. The minimum Gasteiger partial charge on any atom is -0.368 e. The number of rotatable bonds is 3. The Labute approximate surface area is 148 Å². The van der Waals surface area contributed by atoms with Crippen molar-refractivity contribution in [2.45, 2.75) is 52.7 Å². The Hall–Kier alpha value is -1.24. The molecule has 2 aromatic heterocycles. The third-order valence-corrected chi connectivity index (χ3v) is 5.69. The van der Waals surface area contributed by atoms with Crippen molar-refractivity contribution in [2.24, 2.45) is 7.05 Å². The van der Waals surface area contributed by atoms with Gasteiger partial charge in [-0.05, 0) is 13.8 Å². The van der Waals surface area contributed by atoms with Crippen LogP contribution in [-0.4, -0.2) is 39.4 Å². The summed E-state index contributed by atoms with van der Waals surface area (Å²) in [6.45, 7) is 14.4. The fourth-order valence-corrected chi connectivity index (χ4v) is 4.13. The third kappa shape index (κ3) is 3.55. The number of aryl methyl sites for hydroxylation is 2. The molecule has 1 fully saturated rings. The highest BCUT2D eigenvalue weighted by Crippen LogP contribution is 2.30. The average molecular weight is 349 g/mol. The van der Waals surface area contributed by atoms with Crippen molar-refractivity contribution in [3.05, 3.63) is 33.0 Å². The van der Waals surface area contributed by atoms with E-state index in [2.05, 4.69) is 50.0 Å². The van der Waals surface area contributed by atoms with Crippen LogP contribution in [0.4, 0.5) is 0 Å². The van der Waals surface area contributed by atoms with Crippen LogP contribution in [0.2, 0.25) is 0 Å². The second-order valence-corrected chi connectivity index (χ2v) is 8.58. The van der Waals surface area contributed by atoms with Crippen LogP contribution in [0.3, 0.4) is 0 Å². The third-order valence-electron chi connectivity index (χ3n) is 4.76. The largest absolute Gasteiger partial charge is 0.368 e. The SMILES string of the molecule is Cc1nn(C)c(C)c1CN1CCO[C@@H](c2nc(C(C)(C)C)cs2)C1. The van der Waals surface area contributed by atoms with Gasteiger partial charge in [-0.15, -0.1) is 11.3 Å². The normalized spacial score (nSPS) is 19.8. The van der Waals surface area contributed by atoms with Gasteiger partial charge in [0.05, 0.1) is 18.0 Å². The molecule has 3 heterocycles. The zero-order valence-electron chi connectivity index (χ0n) is 15.6. The van der Waals surface area contributed by atoms with E-state index in [1.807, 2.05) is 11.7 Å². The topological polar surface area (TPSA) is 43.2 Å². The maximum Gasteiger partial charge on any atom is 0.123 e. The van der Waals surface area contributed by atoms with Crippen molar-refractivity contribution in [3.8, 4) is 0 Å². The Kier molecular flexibility index (Phi) is 4.82. The maximum atomic E-state index is 6.01. The van der Waals surface area contributed by atoms with Gasteiger partial charge in [-0.2, -0.15) is 5.10 Å². The molecule has 0 amide bonds. The number of thiazole rings is 1. The lowest BCUT2D eigenvalue weighted by Gasteiger charge is -2.32. The van der Waals surface area contributed by atoms with Crippen LogP contribution in [-0.2, 0) is 23.7 Å². The van der Waals surface area contributed by atoms with Crippen LogP contribution in [0.5, 0.6) is 0 Å². The highest BCUT2D eigenvalue weighted by Gasteiger charge is 2.27. The Morgan fingerprint density at radius 1 is 1.33 bits per heavy atom. The minimum atomic E-state index is 0.0807. The van der Waals surface area contributed by atoms with Crippen molar-refractivity contribution in [1.29, 1.82) is 0 Å². The van der Waals surface area contributed by atoms with E-state index in [0.29, 0.717) is 0 Å². The zero-order chi connectivity index (χ0) is 17.5. The molecule has 24 heavy (non-hydrogen) atoms. The van der Waals surface area contributed by atoms with Gasteiger partial charge in [0.1, 0.15) is 11.1 Å². The molecular weight excluding hydrogens is 320 g/mol. The average Bonchev–Trinajstić information content (AvgIpc) is 3.09. The van der Waals surface area contributed by atoms with E-state index in [4.69, 9.17) is 9.72 Å². The first-order chi connectivity index (χ1) is 11.3. The first kappa shape index (κ1) is 17.6. The summed E-state index contributed by atoms with van der Waals surface area (Å²) in [7, 11) is 2.01. The molecular formula is C18H28N4OS. The van der Waals surface area contributed by atoms with Gasteiger partial charge in [0.15, 0.2) is 0 Å². The molecule has 0 aromatic carbocycles. The molecule has 0 bridgehead atoms. The zero-order valence-corrected chi connectivity index (χ0v) is 16.4. The predicted octanol–water partition coefficient (Wildman–Crippen LogP) is 3.36. The second-order valence-electron chi connectivity index (χ2n) is 7.69. The lowest BCUT2D eigenvalue weighted by atomic mass is 9.93. The molecule has 3 rings (SSSR count). The van der Waals surface area contributed by atoms with E-state index in [0.717, 1.165) is 42.6 Å². The van der Waals surface area contributed by atoms with Gasteiger partial charge < -0.3 is 4.74 Å². The summed E-state index contributed by atoms with van der Waals surface area (Å²) in [4.78, 5) is 7.30. The summed E-state index contributed by atoms with van der Waals surface area (Å²) in [5.41, 5.74) is 4.96.